The van der Waals surface area contributed by atoms with Gasteiger partial charge >= 0.3 is 0 Å². The number of nitrogens with zero attached hydrogens (tertiary/aromatic N) is 1. The average molecular weight is 239 g/mol. The fourth-order valence-electron chi connectivity index (χ4n) is 1.65. The SMILES string of the molecule is CCC=O.CCc1c(C)cc(C)c[n+]1C.CN. The van der Waals surface area contributed by atoms with Crippen LogP contribution in [0.1, 0.15) is 37.1 Å². The highest BCUT2D eigenvalue weighted by Crippen LogP contribution is 2.04. The molecule has 0 atom stereocenters. The molecular weight excluding hydrogens is 212 g/mol. The van der Waals surface area contributed by atoms with Crippen molar-refractivity contribution in [1.29, 1.82) is 0 Å². The van der Waals surface area contributed by atoms with E-state index >= 15 is 0 Å². The third-order valence-corrected chi connectivity index (χ3v) is 2.22. The number of nitrogens with two attached hydrogens (primary N) is 1. The number of pyridine rings is 1. The zero-order valence-electron chi connectivity index (χ0n) is 12.1. The lowest BCUT2D eigenvalue weighted by molar-refractivity contribution is -0.679. The smallest absolute Gasteiger partial charge is 0.183 e. The number of hydrogen-bond acceptors (Lipinski definition) is 2. The van der Waals surface area contributed by atoms with E-state index in [-0.39, 0.29) is 0 Å². The molecule has 0 aliphatic heterocycles. The first-order valence-corrected chi connectivity index (χ1v) is 6.03. The summed E-state index contributed by atoms with van der Waals surface area (Å²) in [4.78, 5) is 9.17. The monoisotopic (exact) mass is 239 g/mol. The summed E-state index contributed by atoms with van der Waals surface area (Å²) in [5.41, 5.74) is 8.66. The first-order chi connectivity index (χ1) is 8.06. The number of carbonyl (C=O) groups is 1. The number of hydrogen-bond donors (Lipinski definition) is 1. The third kappa shape index (κ3) is 7.64. The fourth-order valence-corrected chi connectivity index (χ4v) is 1.65. The van der Waals surface area contributed by atoms with Crippen LogP contribution in [0.25, 0.3) is 0 Å². The third-order valence-electron chi connectivity index (χ3n) is 2.22. The summed E-state index contributed by atoms with van der Waals surface area (Å²) in [7, 11) is 3.61. The first-order valence-electron chi connectivity index (χ1n) is 6.03. The zero-order valence-corrected chi connectivity index (χ0v) is 12.1. The Morgan fingerprint density at radius 3 is 2.06 bits per heavy atom. The van der Waals surface area contributed by atoms with Crippen molar-refractivity contribution >= 4 is 6.29 Å². The second kappa shape index (κ2) is 11.3. The molecule has 0 amide bonds. The van der Waals surface area contributed by atoms with Gasteiger partial charge in [-0.2, -0.15) is 0 Å². The molecule has 3 heteroatoms. The number of carbonyl (C=O) groups excluding carboxylic acids is 1. The van der Waals surface area contributed by atoms with Gasteiger partial charge in [-0.15, -0.1) is 0 Å². The molecule has 98 valence electrons. The molecule has 1 rings (SSSR count). The van der Waals surface area contributed by atoms with Gasteiger partial charge in [0, 0.05) is 24.0 Å². The second-order valence-electron chi connectivity index (χ2n) is 3.69. The van der Waals surface area contributed by atoms with Crippen LogP contribution < -0.4 is 10.3 Å². The quantitative estimate of drug-likeness (QED) is 0.632. The molecule has 0 aliphatic rings. The molecule has 0 aromatic carbocycles. The minimum absolute atomic E-state index is 0.639. The van der Waals surface area contributed by atoms with E-state index in [1.807, 2.05) is 6.92 Å². The van der Waals surface area contributed by atoms with Crippen molar-refractivity contribution in [2.75, 3.05) is 7.05 Å². The predicted molar refractivity (Wildman–Crippen MR) is 72.9 cm³/mol. The molecular formula is C14H27N2O+. The molecule has 1 aromatic heterocycles. The van der Waals surface area contributed by atoms with Gasteiger partial charge in [-0.05, 0) is 27.0 Å². The number of aromatic nitrogens is 1. The summed E-state index contributed by atoms with van der Waals surface area (Å²) >= 11 is 0. The maximum atomic E-state index is 9.17. The highest BCUT2D eigenvalue weighted by molar-refractivity contribution is 5.48. The van der Waals surface area contributed by atoms with Crippen LogP contribution in [0.15, 0.2) is 12.3 Å². The van der Waals surface area contributed by atoms with Crippen LogP contribution in [-0.2, 0) is 18.3 Å². The summed E-state index contributed by atoms with van der Waals surface area (Å²) in [6.07, 6.45) is 4.80. The van der Waals surface area contributed by atoms with Gasteiger partial charge in [0.2, 0.25) is 0 Å². The second-order valence-corrected chi connectivity index (χ2v) is 3.69. The minimum Gasteiger partial charge on any atom is -0.333 e. The molecule has 0 unspecified atom stereocenters. The Hall–Kier alpha value is -1.22. The van der Waals surface area contributed by atoms with Crippen molar-refractivity contribution in [1.82, 2.24) is 0 Å². The van der Waals surface area contributed by atoms with Gasteiger partial charge in [-0.25, -0.2) is 4.57 Å². The highest BCUT2D eigenvalue weighted by atomic mass is 16.1. The van der Waals surface area contributed by atoms with Gasteiger partial charge in [-0.1, -0.05) is 13.8 Å². The maximum Gasteiger partial charge on any atom is 0.183 e. The van der Waals surface area contributed by atoms with Gasteiger partial charge in [-0.3, -0.25) is 0 Å². The van der Waals surface area contributed by atoms with E-state index in [4.69, 9.17) is 0 Å². The standard InChI is InChI=1S/C10H16N.C3H6O.CH5N/c1-5-10-9(3)6-8(2)7-11(10)4;1-2-3-4;1-2/h6-7H,5H2,1-4H3;3H,2H2,1H3;2H2,1H3/q+1;;. The van der Waals surface area contributed by atoms with E-state index in [0.717, 1.165) is 12.7 Å². The number of rotatable bonds is 2. The predicted octanol–water partition coefficient (Wildman–Crippen LogP) is 1.86. The van der Waals surface area contributed by atoms with E-state index in [0.29, 0.717) is 6.42 Å². The minimum atomic E-state index is 0.639. The lowest BCUT2D eigenvalue weighted by atomic mass is 10.1. The van der Waals surface area contributed by atoms with Crippen LogP contribution in [0.3, 0.4) is 0 Å². The van der Waals surface area contributed by atoms with Gasteiger partial charge < -0.3 is 10.5 Å². The Kier molecular flexibility index (Phi) is 12.0. The lowest BCUT2D eigenvalue weighted by Gasteiger charge is -2.01. The molecule has 1 heterocycles. The molecule has 0 spiro atoms. The Morgan fingerprint density at radius 2 is 1.76 bits per heavy atom. The molecule has 0 fully saturated rings. The molecule has 3 nitrogen and oxygen atoms in total. The number of aryl methyl sites for hydroxylation is 3. The molecule has 0 saturated carbocycles. The van der Waals surface area contributed by atoms with Crippen LogP contribution in [0.4, 0.5) is 0 Å². The maximum absolute atomic E-state index is 9.17. The van der Waals surface area contributed by atoms with E-state index < -0.39 is 0 Å². The fraction of sp³-hybridized carbons (Fsp3) is 0.571. The number of aldehydes is 1. The van der Waals surface area contributed by atoms with E-state index in [1.165, 1.54) is 23.9 Å². The molecule has 0 bridgehead atoms. The summed E-state index contributed by atoms with van der Waals surface area (Å²) in [5, 5.41) is 0. The van der Waals surface area contributed by atoms with E-state index in [2.05, 4.69) is 50.4 Å². The molecule has 0 aliphatic carbocycles. The Bertz CT molecular complexity index is 299. The summed E-state index contributed by atoms with van der Waals surface area (Å²) in [6.45, 7) is 8.31. The van der Waals surface area contributed by atoms with Crippen LogP contribution in [0.5, 0.6) is 0 Å². The van der Waals surface area contributed by atoms with Crippen LogP contribution in [0, 0.1) is 13.8 Å². The van der Waals surface area contributed by atoms with Crippen molar-refractivity contribution in [2.45, 2.75) is 40.5 Å². The van der Waals surface area contributed by atoms with Crippen molar-refractivity contribution < 1.29 is 9.36 Å². The van der Waals surface area contributed by atoms with E-state index in [1.54, 1.807) is 0 Å². The molecule has 0 radical (unpaired) electrons. The van der Waals surface area contributed by atoms with Crippen LogP contribution in [0.2, 0.25) is 0 Å². The van der Waals surface area contributed by atoms with Gasteiger partial charge in [0.15, 0.2) is 11.9 Å². The van der Waals surface area contributed by atoms with Crippen molar-refractivity contribution in [3.8, 4) is 0 Å². The Labute approximate surface area is 106 Å². The van der Waals surface area contributed by atoms with Crippen LogP contribution in [-0.4, -0.2) is 13.3 Å². The summed E-state index contributed by atoms with van der Waals surface area (Å²) in [6, 6.07) is 2.23. The van der Waals surface area contributed by atoms with Crippen LogP contribution >= 0.6 is 0 Å². The summed E-state index contributed by atoms with van der Waals surface area (Å²) in [5.74, 6) is 0. The Morgan fingerprint density at radius 1 is 1.29 bits per heavy atom. The van der Waals surface area contributed by atoms with Gasteiger partial charge in [0.1, 0.15) is 13.3 Å². The van der Waals surface area contributed by atoms with Gasteiger partial charge in [0.05, 0.1) is 0 Å². The topological polar surface area (TPSA) is 47.0 Å². The van der Waals surface area contributed by atoms with Crippen molar-refractivity contribution in [2.24, 2.45) is 12.8 Å². The highest BCUT2D eigenvalue weighted by Gasteiger charge is 2.07. The largest absolute Gasteiger partial charge is 0.333 e. The molecule has 1 aromatic rings. The van der Waals surface area contributed by atoms with E-state index in [9.17, 15) is 4.79 Å². The molecule has 2 N–H and O–H groups in total. The first kappa shape index (κ1) is 18.2. The van der Waals surface area contributed by atoms with Crippen molar-refractivity contribution in [3.05, 3.63) is 29.1 Å². The van der Waals surface area contributed by atoms with Gasteiger partial charge in [0.25, 0.3) is 0 Å². The lowest BCUT2D eigenvalue weighted by Crippen LogP contribution is -2.34. The summed E-state index contributed by atoms with van der Waals surface area (Å²) < 4.78 is 2.21. The molecule has 0 saturated heterocycles. The Balaban J connectivity index is 0. The molecule has 17 heavy (non-hydrogen) atoms. The zero-order chi connectivity index (χ0) is 13.8. The average Bonchev–Trinajstić information content (AvgIpc) is 2.31. The normalized spacial score (nSPS) is 8.41. The van der Waals surface area contributed by atoms with Crippen molar-refractivity contribution in [3.63, 3.8) is 0 Å².